The van der Waals surface area contributed by atoms with Crippen LogP contribution in [0.3, 0.4) is 0 Å². The monoisotopic (exact) mass is 613 g/mol. The van der Waals surface area contributed by atoms with E-state index in [4.69, 9.17) is 4.74 Å². The van der Waals surface area contributed by atoms with Gasteiger partial charge in [0.25, 0.3) is 5.91 Å². The number of urea groups is 1. The Labute approximate surface area is 269 Å². The van der Waals surface area contributed by atoms with Crippen LogP contribution in [0.1, 0.15) is 36.0 Å². The van der Waals surface area contributed by atoms with Crippen LogP contribution in [-0.4, -0.2) is 53.4 Å². The van der Waals surface area contributed by atoms with Gasteiger partial charge >= 0.3 is 6.03 Å². The highest BCUT2D eigenvalue weighted by Crippen LogP contribution is 2.49. The maximum atomic E-state index is 14.2. The summed E-state index contributed by atoms with van der Waals surface area (Å²) in [6.07, 6.45) is 4.48. The molecule has 2 N–H and O–H groups in total. The van der Waals surface area contributed by atoms with Crippen LogP contribution in [0.15, 0.2) is 109 Å². The number of para-hydroxylation sites is 2. The lowest BCUT2D eigenvalue weighted by Gasteiger charge is -2.44. The van der Waals surface area contributed by atoms with Gasteiger partial charge in [-0.1, -0.05) is 72.8 Å². The number of nitrogens with one attached hydrogen (secondary N) is 2. The van der Waals surface area contributed by atoms with Crippen LogP contribution < -0.4 is 15.0 Å². The highest BCUT2D eigenvalue weighted by atomic mass is 16.5. The molecule has 1 fully saturated rings. The summed E-state index contributed by atoms with van der Waals surface area (Å²) in [4.78, 5) is 36.8. The van der Waals surface area contributed by atoms with Crippen LogP contribution in [0.25, 0.3) is 10.9 Å². The van der Waals surface area contributed by atoms with Crippen molar-refractivity contribution >= 4 is 28.5 Å². The molecule has 234 valence electrons. The molecule has 8 nitrogen and oxygen atoms in total. The second-order valence-corrected chi connectivity index (χ2v) is 12.2. The topological polar surface area (TPSA) is 80.9 Å². The second-order valence-electron chi connectivity index (χ2n) is 12.2. The predicted octanol–water partition coefficient (Wildman–Crippen LogP) is 7.03. The first-order valence-corrected chi connectivity index (χ1v) is 16.1. The first-order chi connectivity index (χ1) is 22.5. The van der Waals surface area contributed by atoms with E-state index in [0.29, 0.717) is 25.3 Å². The van der Waals surface area contributed by atoms with Crippen LogP contribution in [0, 0.1) is 0 Å². The maximum absolute atomic E-state index is 14.2. The number of nitrogens with zero attached hydrogens (tertiary/aromatic N) is 3. The Hall–Kier alpha value is -5.08. The Balaban J connectivity index is 1.17. The first-order valence-electron chi connectivity index (χ1n) is 16.1. The molecule has 1 unspecified atom stereocenters. The summed E-state index contributed by atoms with van der Waals surface area (Å²) in [6.45, 7) is 3.59. The average molecular weight is 614 g/mol. The number of hydrogen-bond donors (Lipinski definition) is 2. The number of fused-ring (bicyclic) bond motifs is 3. The van der Waals surface area contributed by atoms with Crippen molar-refractivity contribution < 1.29 is 14.3 Å². The van der Waals surface area contributed by atoms with Crippen molar-refractivity contribution in [2.24, 2.45) is 0 Å². The lowest BCUT2D eigenvalue weighted by molar-refractivity contribution is -0.133. The molecule has 1 atom stereocenters. The van der Waals surface area contributed by atoms with Crippen LogP contribution in [-0.2, 0) is 23.4 Å². The van der Waals surface area contributed by atoms with Crippen LogP contribution >= 0.6 is 0 Å². The smallest absolute Gasteiger partial charge is 0.327 e. The molecule has 8 heteroatoms. The molecule has 0 aliphatic carbocycles. The van der Waals surface area contributed by atoms with Gasteiger partial charge in [0.15, 0.2) is 5.54 Å². The van der Waals surface area contributed by atoms with Crippen molar-refractivity contribution in [1.82, 2.24) is 20.1 Å². The molecule has 5 aromatic rings. The molecule has 0 saturated carbocycles. The Morgan fingerprint density at radius 1 is 0.870 bits per heavy atom. The number of imide groups is 1. The van der Waals surface area contributed by atoms with Gasteiger partial charge in [-0.05, 0) is 54.8 Å². The number of aromatic amines is 1. The van der Waals surface area contributed by atoms with Gasteiger partial charge in [0.1, 0.15) is 11.5 Å². The van der Waals surface area contributed by atoms with Gasteiger partial charge in [0, 0.05) is 67.5 Å². The minimum atomic E-state index is -1.10. The van der Waals surface area contributed by atoms with E-state index in [9.17, 15) is 9.59 Å². The number of anilines is 1. The third-order valence-corrected chi connectivity index (χ3v) is 9.32. The van der Waals surface area contributed by atoms with Crippen LogP contribution in [0.4, 0.5) is 10.5 Å². The number of unbranched alkanes of at least 4 members (excludes halogenated alkanes) is 1. The van der Waals surface area contributed by atoms with E-state index in [-0.39, 0.29) is 11.9 Å². The molecule has 46 heavy (non-hydrogen) atoms. The minimum absolute atomic E-state index is 0.180. The molecule has 3 amide bonds. The fourth-order valence-corrected chi connectivity index (χ4v) is 6.94. The summed E-state index contributed by atoms with van der Waals surface area (Å²) in [7, 11) is 1.60. The quantitative estimate of drug-likeness (QED) is 0.124. The average Bonchev–Trinajstić information content (AvgIpc) is 3.58. The van der Waals surface area contributed by atoms with E-state index < -0.39 is 5.54 Å². The van der Waals surface area contributed by atoms with Gasteiger partial charge in [-0.2, -0.15) is 0 Å². The van der Waals surface area contributed by atoms with Crippen LogP contribution in [0.5, 0.6) is 11.5 Å². The molecule has 7 rings (SSSR count). The molecule has 1 aromatic heterocycles. The Kier molecular flexibility index (Phi) is 8.20. The molecule has 0 bridgehead atoms. The summed E-state index contributed by atoms with van der Waals surface area (Å²) in [5, 5.41) is 4.61. The fourth-order valence-electron chi connectivity index (χ4n) is 6.94. The van der Waals surface area contributed by atoms with E-state index in [1.54, 1.807) is 11.9 Å². The zero-order chi connectivity index (χ0) is 31.5. The van der Waals surface area contributed by atoms with Gasteiger partial charge in [0.2, 0.25) is 0 Å². The molecular weight excluding hydrogens is 574 g/mol. The predicted molar refractivity (Wildman–Crippen MR) is 181 cm³/mol. The van der Waals surface area contributed by atoms with E-state index >= 15 is 0 Å². The van der Waals surface area contributed by atoms with Gasteiger partial charge in [-0.3, -0.25) is 9.69 Å². The molecular formula is C38H39N5O3. The number of amides is 3. The van der Waals surface area contributed by atoms with E-state index in [0.717, 1.165) is 65.9 Å². The van der Waals surface area contributed by atoms with E-state index in [2.05, 4.69) is 45.5 Å². The normalized spacial score (nSPS) is 17.7. The first kappa shape index (κ1) is 29.6. The Morgan fingerprint density at radius 3 is 2.46 bits per heavy atom. The number of benzene rings is 4. The number of rotatable bonds is 11. The number of carbonyl (C=O) groups is 2. The Bertz CT molecular complexity index is 1840. The highest BCUT2D eigenvalue weighted by Gasteiger charge is 2.59. The summed E-state index contributed by atoms with van der Waals surface area (Å²) < 4.78 is 6.26. The van der Waals surface area contributed by atoms with Crippen molar-refractivity contribution in [3.63, 3.8) is 0 Å². The lowest BCUT2D eigenvalue weighted by Crippen LogP contribution is -2.52. The summed E-state index contributed by atoms with van der Waals surface area (Å²) in [5.41, 5.74) is 3.97. The zero-order valence-electron chi connectivity index (χ0n) is 26.1. The van der Waals surface area contributed by atoms with Crippen molar-refractivity contribution in [1.29, 1.82) is 0 Å². The standard InChI is InChI=1S/C38H39N5O3/c1-41-36(44)38(43(37(41)45)27-29-26-40-34-17-9-8-16-32(29)34)20-23-42(22-11-10-21-39-25-28-12-4-2-5-13-28)35-24-31(18-19-33(35)38)46-30-14-6-3-7-15-30/h2-9,12-19,24,26,39-40H,10-11,20-23,25,27H2,1H3. The number of carbonyl (C=O) groups excluding carboxylic acids is 2. The van der Waals surface area contributed by atoms with Gasteiger partial charge in [0.05, 0.1) is 6.54 Å². The fraction of sp³-hybridized carbons (Fsp3) is 0.263. The minimum Gasteiger partial charge on any atom is -0.457 e. The summed E-state index contributed by atoms with van der Waals surface area (Å²) in [6, 6.07) is 33.9. The third kappa shape index (κ3) is 5.49. The van der Waals surface area contributed by atoms with Crippen molar-refractivity contribution in [3.8, 4) is 11.5 Å². The maximum Gasteiger partial charge on any atom is 0.327 e. The highest BCUT2D eigenvalue weighted by molar-refractivity contribution is 6.08. The molecule has 1 spiro atoms. The van der Waals surface area contributed by atoms with E-state index in [1.807, 2.05) is 79.0 Å². The van der Waals surface area contributed by atoms with Crippen molar-refractivity contribution in [2.75, 3.05) is 31.6 Å². The molecule has 2 aliphatic rings. The van der Waals surface area contributed by atoms with Crippen LogP contribution in [0.2, 0.25) is 0 Å². The van der Waals surface area contributed by atoms with Crippen molar-refractivity contribution in [2.45, 2.75) is 37.9 Å². The largest absolute Gasteiger partial charge is 0.457 e. The molecule has 0 radical (unpaired) electrons. The molecule has 3 heterocycles. The van der Waals surface area contributed by atoms with Gasteiger partial charge < -0.3 is 24.8 Å². The summed E-state index contributed by atoms with van der Waals surface area (Å²) in [5.74, 6) is 1.27. The number of hydrogen-bond acceptors (Lipinski definition) is 5. The number of aromatic nitrogens is 1. The SMILES string of the molecule is CN1C(=O)N(Cc2c[nH]c3ccccc23)C2(CCN(CCCCNCc3ccccc3)c3cc(Oc4ccccc4)ccc32)C1=O. The van der Waals surface area contributed by atoms with E-state index in [1.165, 1.54) is 10.5 Å². The summed E-state index contributed by atoms with van der Waals surface area (Å²) >= 11 is 0. The second kappa shape index (κ2) is 12.7. The Morgan fingerprint density at radius 2 is 1.63 bits per heavy atom. The molecule has 2 aliphatic heterocycles. The zero-order valence-corrected chi connectivity index (χ0v) is 26.1. The molecule has 1 saturated heterocycles. The van der Waals surface area contributed by atoms with Crippen molar-refractivity contribution in [3.05, 3.63) is 126 Å². The number of likely N-dealkylation sites (N-methyl/N-ethyl adjacent to an activating group) is 1. The van der Waals surface area contributed by atoms with Gasteiger partial charge in [-0.25, -0.2) is 4.79 Å². The van der Waals surface area contributed by atoms with Gasteiger partial charge in [-0.15, -0.1) is 0 Å². The number of H-pyrrole nitrogens is 1. The molecule has 4 aromatic carbocycles. The lowest BCUT2D eigenvalue weighted by atomic mass is 9.80. The number of ether oxygens (including phenoxy) is 1. The third-order valence-electron chi connectivity index (χ3n) is 9.32.